The summed E-state index contributed by atoms with van der Waals surface area (Å²) in [4.78, 5) is 4.36. The van der Waals surface area contributed by atoms with Crippen molar-refractivity contribution in [2.24, 2.45) is 0 Å². The molecule has 4 nitrogen and oxygen atoms in total. The maximum absolute atomic E-state index is 5.87. The number of benzene rings is 1. The van der Waals surface area contributed by atoms with E-state index in [0.717, 1.165) is 35.9 Å². The molecule has 0 amide bonds. The minimum atomic E-state index is 0.207. The Hall–Kier alpha value is -1.81. The van der Waals surface area contributed by atoms with E-state index in [0.29, 0.717) is 12.5 Å². The number of aromatic nitrogens is 1. The van der Waals surface area contributed by atoms with E-state index in [2.05, 4.69) is 16.4 Å². The molecule has 1 atom stereocenters. The van der Waals surface area contributed by atoms with Crippen LogP contribution >= 0.6 is 0 Å². The van der Waals surface area contributed by atoms with E-state index < -0.39 is 0 Å². The lowest BCUT2D eigenvalue weighted by molar-refractivity contribution is 0.0669. The van der Waals surface area contributed by atoms with E-state index in [4.69, 9.17) is 9.47 Å². The van der Waals surface area contributed by atoms with E-state index in [-0.39, 0.29) is 6.10 Å². The Morgan fingerprint density at radius 1 is 1.42 bits per heavy atom. The summed E-state index contributed by atoms with van der Waals surface area (Å²) in [6.45, 7) is 1.42. The molecular weight excluding hydrogens is 240 g/mol. The lowest BCUT2D eigenvalue weighted by atomic mass is 10.1. The summed E-state index contributed by atoms with van der Waals surface area (Å²) in [5, 5.41) is 5.35. The largest absolute Gasteiger partial charge is 0.474 e. The molecule has 1 aliphatic rings. The predicted molar refractivity (Wildman–Crippen MR) is 75.8 cm³/mol. The molecule has 19 heavy (non-hydrogen) atoms. The zero-order chi connectivity index (χ0) is 13.1. The van der Waals surface area contributed by atoms with Gasteiger partial charge in [0.15, 0.2) is 0 Å². The molecular formula is C15H18N2O2. The van der Waals surface area contributed by atoms with Crippen molar-refractivity contribution in [2.75, 3.05) is 25.6 Å². The third-order valence-electron chi connectivity index (χ3n) is 3.46. The van der Waals surface area contributed by atoms with Gasteiger partial charge in [0, 0.05) is 25.5 Å². The lowest BCUT2D eigenvalue weighted by Gasteiger charge is -2.14. The second-order valence-corrected chi connectivity index (χ2v) is 4.72. The molecule has 1 saturated heterocycles. The molecule has 1 N–H and O–H groups in total. The first-order valence-electron chi connectivity index (χ1n) is 6.68. The molecule has 0 bridgehead atoms. The van der Waals surface area contributed by atoms with Gasteiger partial charge in [-0.15, -0.1) is 0 Å². The Labute approximate surface area is 112 Å². The number of rotatable bonds is 4. The molecule has 0 radical (unpaired) electrons. The zero-order valence-corrected chi connectivity index (χ0v) is 11.1. The fourth-order valence-electron chi connectivity index (χ4n) is 2.46. The SMILES string of the molecule is CNc1cccc2ccnc(OCC3CCCO3)c12. The summed E-state index contributed by atoms with van der Waals surface area (Å²) < 4.78 is 11.4. The van der Waals surface area contributed by atoms with Crippen LogP contribution in [0.5, 0.6) is 5.88 Å². The van der Waals surface area contributed by atoms with Crippen molar-refractivity contribution in [1.82, 2.24) is 4.98 Å². The van der Waals surface area contributed by atoms with Crippen LogP contribution in [0.2, 0.25) is 0 Å². The van der Waals surface area contributed by atoms with Crippen LogP contribution in [0, 0.1) is 0 Å². The van der Waals surface area contributed by atoms with Crippen LogP contribution in [-0.2, 0) is 4.74 Å². The van der Waals surface area contributed by atoms with Crippen LogP contribution in [0.1, 0.15) is 12.8 Å². The second-order valence-electron chi connectivity index (χ2n) is 4.72. The van der Waals surface area contributed by atoms with Crippen molar-refractivity contribution >= 4 is 16.5 Å². The standard InChI is InChI=1S/C15H18N2O2/c1-16-13-6-2-4-11-7-8-17-15(14(11)13)19-10-12-5-3-9-18-12/h2,4,6-8,12,16H,3,5,9-10H2,1H3. The van der Waals surface area contributed by atoms with Crippen molar-refractivity contribution in [1.29, 1.82) is 0 Å². The molecule has 100 valence electrons. The van der Waals surface area contributed by atoms with Gasteiger partial charge in [-0.25, -0.2) is 4.98 Å². The normalized spacial score (nSPS) is 18.7. The van der Waals surface area contributed by atoms with Crippen LogP contribution in [0.3, 0.4) is 0 Å². The Kier molecular flexibility index (Phi) is 3.51. The first-order valence-corrected chi connectivity index (χ1v) is 6.68. The van der Waals surface area contributed by atoms with E-state index in [1.807, 2.05) is 25.2 Å². The number of nitrogens with zero attached hydrogens (tertiary/aromatic N) is 1. The molecule has 1 aromatic carbocycles. The third-order valence-corrected chi connectivity index (χ3v) is 3.46. The van der Waals surface area contributed by atoms with Gasteiger partial charge in [-0.2, -0.15) is 0 Å². The van der Waals surface area contributed by atoms with Crippen molar-refractivity contribution in [3.63, 3.8) is 0 Å². The van der Waals surface area contributed by atoms with Crippen LogP contribution in [0.25, 0.3) is 10.8 Å². The smallest absolute Gasteiger partial charge is 0.223 e. The van der Waals surface area contributed by atoms with Crippen molar-refractivity contribution < 1.29 is 9.47 Å². The monoisotopic (exact) mass is 258 g/mol. The topological polar surface area (TPSA) is 43.4 Å². The third kappa shape index (κ3) is 2.49. The quantitative estimate of drug-likeness (QED) is 0.915. The molecule has 1 fully saturated rings. The number of anilines is 1. The minimum Gasteiger partial charge on any atom is -0.474 e. The summed E-state index contributed by atoms with van der Waals surface area (Å²) >= 11 is 0. The number of fused-ring (bicyclic) bond motifs is 1. The van der Waals surface area contributed by atoms with Gasteiger partial charge in [0.1, 0.15) is 6.61 Å². The summed E-state index contributed by atoms with van der Waals surface area (Å²) in [5.41, 5.74) is 1.04. The molecule has 2 heterocycles. The highest BCUT2D eigenvalue weighted by atomic mass is 16.5. The number of hydrogen-bond acceptors (Lipinski definition) is 4. The van der Waals surface area contributed by atoms with E-state index in [1.165, 1.54) is 0 Å². The molecule has 1 aliphatic heterocycles. The van der Waals surface area contributed by atoms with Gasteiger partial charge >= 0.3 is 0 Å². The summed E-state index contributed by atoms with van der Waals surface area (Å²) in [6.07, 6.45) is 4.19. The summed E-state index contributed by atoms with van der Waals surface area (Å²) in [5.74, 6) is 0.679. The van der Waals surface area contributed by atoms with Gasteiger partial charge in [0.25, 0.3) is 0 Å². The number of ether oxygens (including phenoxy) is 2. The van der Waals surface area contributed by atoms with Crippen molar-refractivity contribution in [3.8, 4) is 5.88 Å². The molecule has 2 aromatic rings. The Bertz CT molecular complexity index is 560. The molecule has 0 aliphatic carbocycles. The first kappa shape index (κ1) is 12.2. The molecule has 4 heteroatoms. The van der Waals surface area contributed by atoms with E-state index >= 15 is 0 Å². The maximum Gasteiger partial charge on any atom is 0.223 e. The molecule has 3 rings (SSSR count). The lowest BCUT2D eigenvalue weighted by Crippen LogP contribution is -2.16. The van der Waals surface area contributed by atoms with Gasteiger partial charge in [0.2, 0.25) is 5.88 Å². The van der Waals surface area contributed by atoms with Gasteiger partial charge in [-0.1, -0.05) is 12.1 Å². The molecule has 0 spiro atoms. The van der Waals surface area contributed by atoms with Gasteiger partial charge in [-0.3, -0.25) is 0 Å². The zero-order valence-electron chi connectivity index (χ0n) is 11.1. The van der Waals surface area contributed by atoms with Gasteiger partial charge in [-0.05, 0) is 30.4 Å². The van der Waals surface area contributed by atoms with Gasteiger partial charge < -0.3 is 14.8 Å². The first-order chi connectivity index (χ1) is 9.38. The van der Waals surface area contributed by atoms with E-state index in [9.17, 15) is 0 Å². The highest BCUT2D eigenvalue weighted by molar-refractivity contribution is 5.97. The highest BCUT2D eigenvalue weighted by Gasteiger charge is 2.17. The fraction of sp³-hybridized carbons (Fsp3) is 0.400. The van der Waals surface area contributed by atoms with Crippen LogP contribution < -0.4 is 10.1 Å². The summed E-state index contributed by atoms with van der Waals surface area (Å²) in [7, 11) is 1.91. The van der Waals surface area contributed by atoms with Crippen molar-refractivity contribution in [2.45, 2.75) is 18.9 Å². The molecule has 1 aromatic heterocycles. The van der Waals surface area contributed by atoms with Crippen molar-refractivity contribution in [3.05, 3.63) is 30.5 Å². The van der Waals surface area contributed by atoms with Crippen LogP contribution in [0.4, 0.5) is 5.69 Å². The Balaban J connectivity index is 1.89. The Morgan fingerprint density at radius 2 is 2.37 bits per heavy atom. The number of pyridine rings is 1. The van der Waals surface area contributed by atoms with Crippen LogP contribution in [0.15, 0.2) is 30.5 Å². The number of nitrogens with one attached hydrogen (secondary N) is 1. The average molecular weight is 258 g/mol. The Morgan fingerprint density at radius 3 is 3.16 bits per heavy atom. The maximum atomic E-state index is 5.87. The van der Waals surface area contributed by atoms with Gasteiger partial charge in [0.05, 0.1) is 11.5 Å². The predicted octanol–water partition coefficient (Wildman–Crippen LogP) is 2.83. The minimum absolute atomic E-state index is 0.207. The average Bonchev–Trinajstić information content (AvgIpc) is 2.97. The second kappa shape index (κ2) is 5.45. The summed E-state index contributed by atoms with van der Waals surface area (Å²) in [6, 6.07) is 8.12. The molecule has 0 saturated carbocycles. The van der Waals surface area contributed by atoms with Crippen LogP contribution in [-0.4, -0.2) is 31.3 Å². The van der Waals surface area contributed by atoms with E-state index in [1.54, 1.807) is 6.20 Å². The number of hydrogen-bond donors (Lipinski definition) is 1. The fourth-order valence-corrected chi connectivity index (χ4v) is 2.46. The highest BCUT2D eigenvalue weighted by Crippen LogP contribution is 2.30. The molecule has 1 unspecified atom stereocenters.